The van der Waals surface area contributed by atoms with Crippen LogP contribution in [0.15, 0.2) is 18.7 Å². The summed E-state index contributed by atoms with van der Waals surface area (Å²) in [6.45, 7) is 8.24. The number of H-pyrrole nitrogens is 1. The highest BCUT2D eigenvalue weighted by Crippen LogP contribution is 2.28. The molecule has 0 radical (unpaired) electrons. The third kappa shape index (κ3) is 3.64. The van der Waals surface area contributed by atoms with E-state index < -0.39 is 0 Å². The Morgan fingerprint density at radius 2 is 2.22 bits per heavy atom. The van der Waals surface area contributed by atoms with Crippen molar-refractivity contribution in [2.24, 2.45) is 7.05 Å². The number of aryl methyl sites for hydroxylation is 1. The maximum Gasteiger partial charge on any atom is 0.100 e. The first-order valence-electron chi connectivity index (χ1n) is 8.29. The minimum atomic E-state index is 0.0838. The molecule has 0 aromatic carbocycles. The standard InChI is InChI=1S/C17H27N5O/c1-17(2,3)16-12(9-20-21-16)8-19-13-5-6-23-15(7-13)14-10-18-11-22(14)4/h9-11,13,15,19H,5-8H2,1-4H3,(H,20,21)/t13-,15+/m0/s1. The Hall–Kier alpha value is -1.66. The summed E-state index contributed by atoms with van der Waals surface area (Å²) in [6, 6.07) is 0.450. The van der Waals surface area contributed by atoms with E-state index in [4.69, 9.17) is 4.74 Å². The van der Waals surface area contributed by atoms with E-state index in [2.05, 4.69) is 41.3 Å². The third-order valence-corrected chi connectivity index (χ3v) is 4.52. The number of aromatic nitrogens is 4. The lowest BCUT2D eigenvalue weighted by atomic mass is 9.89. The summed E-state index contributed by atoms with van der Waals surface area (Å²) in [4.78, 5) is 4.20. The number of hydrogen-bond donors (Lipinski definition) is 2. The van der Waals surface area contributed by atoms with Crippen molar-refractivity contribution in [2.45, 2.75) is 57.7 Å². The largest absolute Gasteiger partial charge is 0.372 e. The Kier molecular flexibility index (Phi) is 4.55. The lowest BCUT2D eigenvalue weighted by Gasteiger charge is -2.30. The highest BCUT2D eigenvalue weighted by molar-refractivity contribution is 5.23. The van der Waals surface area contributed by atoms with Gasteiger partial charge in [-0.3, -0.25) is 5.10 Å². The van der Waals surface area contributed by atoms with Crippen molar-refractivity contribution in [3.05, 3.63) is 35.7 Å². The smallest absolute Gasteiger partial charge is 0.100 e. The Labute approximate surface area is 137 Å². The van der Waals surface area contributed by atoms with Crippen molar-refractivity contribution in [3.63, 3.8) is 0 Å². The first-order chi connectivity index (χ1) is 10.9. The van der Waals surface area contributed by atoms with Gasteiger partial charge < -0.3 is 14.6 Å². The predicted octanol–water partition coefficient (Wildman–Crippen LogP) is 2.45. The highest BCUT2D eigenvalue weighted by atomic mass is 16.5. The second-order valence-corrected chi connectivity index (χ2v) is 7.41. The van der Waals surface area contributed by atoms with Crippen LogP contribution in [0.5, 0.6) is 0 Å². The molecule has 2 N–H and O–H groups in total. The molecule has 23 heavy (non-hydrogen) atoms. The Morgan fingerprint density at radius 1 is 1.39 bits per heavy atom. The Morgan fingerprint density at radius 3 is 2.91 bits per heavy atom. The van der Waals surface area contributed by atoms with Gasteiger partial charge >= 0.3 is 0 Å². The van der Waals surface area contributed by atoms with Gasteiger partial charge in [0.25, 0.3) is 0 Å². The van der Waals surface area contributed by atoms with Gasteiger partial charge in [-0.1, -0.05) is 20.8 Å². The molecule has 6 heteroatoms. The van der Waals surface area contributed by atoms with Gasteiger partial charge in [0.15, 0.2) is 0 Å². The quantitative estimate of drug-likeness (QED) is 0.909. The van der Waals surface area contributed by atoms with Gasteiger partial charge in [-0.2, -0.15) is 5.10 Å². The molecule has 2 aromatic rings. The number of nitrogens with zero attached hydrogens (tertiary/aromatic N) is 3. The van der Waals surface area contributed by atoms with Crippen molar-refractivity contribution in [1.29, 1.82) is 0 Å². The molecule has 3 heterocycles. The van der Waals surface area contributed by atoms with Crippen LogP contribution < -0.4 is 5.32 Å². The van der Waals surface area contributed by atoms with Crippen LogP contribution in [0.1, 0.15) is 56.7 Å². The van der Waals surface area contributed by atoms with Crippen LogP contribution in [0, 0.1) is 0 Å². The van der Waals surface area contributed by atoms with E-state index in [1.54, 1.807) is 0 Å². The topological polar surface area (TPSA) is 67.8 Å². The SMILES string of the molecule is Cn1cncc1[C@H]1C[C@@H](NCc2cn[nH]c2C(C)(C)C)CCO1. The van der Waals surface area contributed by atoms with Gasteiger partial charge in [-0.15, -0.1) is 0 Å². The molecule has 126 valence electrons. The van der Waals surface area contributed by atoms with Crippen LogP contribution in [0.4, 0.5) is 0 Å². The second-order valence-electron chi connectivity index (χ2n) is 7.41. The number of imidazole rings is 1. The molecule has 0 aliphatic carbocycles. The van der Waals surface area contributed by atoms with Crippen LogP contribution >= 0.6 is 0 Å². The number of aromatic amines is 1. The normalized spacial score (nSPS) is 22.4. The van der Waals surface area contributed by atoms with Gasteiger partial charge in [-0.05, 0) is 12.8 Å². The number of nitrogens with one attached hydrogen (secondary N) is 2. The summed E-state index contributed by atoms with van der Waals surface area (Å²) < 4.78 is 7.97. The van der Waals surface area contributed by atoms with E-state index in [1.807, 2.05) is 30.3 Å². The molecular formula is C17H27N5O. The van der Waals surface area contributed by atoms with Gasteiger partial charge in [0.1, 0.15) is 6.10 Å². The Bertz CT molecular complexity index is 639. The molecule has 1 aliphatic rings. The molecule has 6 nitrogen and oxygen atoms in total. The van der Waals surface area contributed by atoms with Crippen LogP contribution in [0.25, 0.3) is 0 Å². The molecular weight excluding hydrogens is 290 g/mol. The molecule has 0 saturated carbocycles. The van der Waals surface area contributed by atoms with E-state index in [0.717, 1.165) is 31.7 Å². The average Bonchev–Trinajstić information content (AvgIpc) is 3.13. The van der Waals surface area contributed by atoms with Gasteiger partial charge in [0.05, 0.1) is 24.4 Å². The van der Waals surface area contributed by atoms with Crippen molar-refractivity contribution < 1.29 is 4.74 Å². The fraction of sp³-hybridized carbons (Fsp3) is 0.647. The monoisotopic (exact) mass is 317 g/mol. The fourth-order valence-electron chi connectivity index (χ4n) is 3.21. The zero-order valence-electron chi connectivity index (χ0n) is 14.5. The maximum absolute atomic E-state index is 5.93. The maximum atomic E-state index is 5.93. The zero-order chi connectivity index (χ0) is 16.4. The van der Waals surface area contributed by atoms with E-state index in [1.165, 1.54) is 11.3 Å². The zero-order valence-corrected chi connectivity index (χ0v) is 14.5. The molecule has 0 unspecified atom stereocenters. The summed E-state index contributed by atoms with van der Waals surface area (Å²) in [6.07, 6.45) is 7.81. The molecule has 2 atom stereocenters. The van der Waals surface area contributed by atoms with Crippen molar-refractivity contribution in [2.75, 3.05) is 6.61 Å². The lowest BCUT2D eigenvalue weighted by Crippen LogP contribution is -2.36. The molecule has 0 bridgehead atoms. The first-order valence-corrected chi connectivity index (χ1v) is 8.29. The van der Waals surface area contributed by atoms with Gasteiger partial charge in [0, 0.05) is 42.9 Å². The molecule has 3 rings (SSSR count). The summed E-state index contributed by atoms with van der Waals surface area (Å²) >= 11 is 0. The summed E-state index contributed by atoms with van der Waals surface area (Å²) in [5.74, 6) is 0. The number of hydrogen-bond acceptors (Lipinski definition) is 4. The second kappa shape index (κ2) is 6.45. The molecule has 0 spiro atoms. The van der Waals surface area contributed by atoms with Crippen molar-refractivity contribution >= 4 is 0 Å². The summed E-state index contributed by atoms with van der Waals surface area (Å²) in [5, 5.41) is 11.0. The first kappa shape index (κ1) is 16.2. The summed E-state index contributed by atoms with van der Waals surface area (Å²) in [7, 11) is 2.02. The van der Waals surface area contributed by atoms with Crippen molar-refractivity contribution in [1.82, 2.24) is 25.1 Å². The van der Waals surface area contributed by atoms with Gasteiger partial charge in [0.2, 0.25) is 0 Å². The molecule has 1 aliphatic heterocycles. The minimum absolute atomic E-state index is 0.0838. The molecule has 2 aromatic heterocycles. The lowest BCUT2D eigenvalue weighted by molar-refractivity contribution is -0.00406. The van der Waals surface area contributed by atoms with Crippen LogP contribution in [-0.4, -0.2) is 32.4 Å². The average molecular weight is 317 g/mol. The van der Waals surface area contributed by atoms with Crippen LogP contribution in [-0.2, 0) is 23.7 Å². The molecule has 1 fully saturated rings. The number of ether oxygens (including phenoxy) is 1. The highest BCUT2D eigenvalue weighted by Gasteiger charge is 2.26. The minimum Gasteiger partial charge on any atom is -0.372 e. The van der Waals surface area contributed by atoms with Crippen molar-refractivity contribution in [3.8, 4) is 0 Å². The van der Waals surface area contributed by atoms with Crippen LogP contribution in [0.2, 0.25) is 0 Å². The van der Waals surface area contributed by atoms with Crippen LogP contribution in [0.3, 0.4) is 0 Å². The van der Waals surface area contributed by atoms with E-state index in [9.17, 15) is 0 Å². The fourth-order valence-corrected chi connectivity index (χ4v) is 3.21. The predicted molar refractivity (Wildman–Crippen MR) is 89.1 cm³/mol. The van der Waals surface area contributed by atoms with E-state index >= 15 is 0 Å². The third-order valence-electron chi connectivity index (χ3n) is 4.52. The molecule has 0 amide bonds. The summed E-state index contributed by atoms with van der Waals surface area (Å²) in [5.41, 5.74) is 3.69. The van der Waals surface area contributed by atoms with Gasteiger partial charge in [-0.25, -0.2) is 4.98 Å². The molecule has 1 saturated heterocycles. The van der Waals surface area contributed by atoms with E-state index in [-0.39, 0.29) is 11.5 Å². The van der Waals surface area contributed by atoms with E-state index in [0.29, 0.717) is 6.04 Å². The number of rotatable bonds is 4. The Balaban J connectivity index is 1.61.